The second kappa shape index (κ2) is 10.3. The van der Waals surface area contributed by atoms with Crippen LogP contribution in [0.25, 0.3) is 22.4 Å². The van der Waals surface area contributed by atoms with Crippen LogP contribution in [0.5, 0.6) is 0 Å². The Hall–Kier alpha value is -4.30. The molecule has 0 aliphatic heterocycles. The summed E-state index contributed by atoms with van der Waals surface area (Å²) in [6.07, 6.45) is 6.39. The Morgan fingerprint density at radius 3 is 2.34 bits per heavy atom. The van der Waals surface area contributed by atoms with E-state index in [2.05, 4.69) is 51.3 Å². The molecule has 0 saturated heterocycles. The van der Waals surface area contributed by atoms with Gasteiger partial charge in [0.2, 0.25) is 0 Å². The fourth-order valence-corrected chi connectivity index (χ4v) is 4.92. The smallest absolute Gasteiger partial charge is 0.294 e. The lowest BCUT2D eigenvalue weighted by Crippen LogP contribution is -2.17. The molecule has 174 valence electrons. The van der Waals surface area contributed by atoms with Gasteiger partial charge in [-0.1, -0.05) is 66.7 Å². The van der Waals surface area contributed by atoms with E-state index in [1.165, 1.54) is 23.0 Å². The van der Waals surface area contributed by atoms with Gasteiger partial charge in [-0.2, -0.15) is 0 Å². The monoisotopic (exact) mass is 481 g/mol. The number of rotatable bonds is 8. The molecule has 0 amide bonds. The number of nitro groups is 1. The second-order valence-electron chi connectivity index (χ2n) is 8.01. The summed E-state index contributed by atoms with van der Waals surface area (Å²) in [7, 11) is 0. The molecule has 3 aromatic carbocycles. The summed E-state index contributed by atoms with van der Waals surface area (Å²) in [5, 5.41) is 13.6. The molecule has 2 aromatic heterocycles. The molecule has 0 unspecified atom stereocenters. The zero-order valence-electron chi connectivity index (χ0n) is 18.9. The molecule has 0 radical (unpaired) electrons. The number of benzene rings is 3. The first-order chi connectivity index (χ1) is 17.2. The van der Waals surface area contributed by atoms with Gasteiger partial charge in [0.15, 0.2) is 4.80 Å². The lowest BCUT2D eigenvalue weighted by Gasteiger charge is -2.11. The van der Waals surface area contributed by atoms with Crippen LogP contribution in [0, 0.1) is 10.1 Å². The second-order valence-corrected chi connectivity index (χ2v) is 8.85. The average Bonchev–Trinajstić information content (AvgIpc) is 3.55. The number of thiazole rings is 1. The molecular weight excluding hydrogens is 458 g/mol. The normalized spacial score (nSPS) is 11.6. The van der Waals surface area contributed by atoms with Crippen LogP contribution in [-0.2, 0) is 13.1 Å². The van der Waals surface area contributed by atoms with Crippen molar-refractivity contribution < 1.29 is 4.92 Å². The van der Waals surface area contributed by atoms with E-state index in [-0.39, 0.29) is 10.6 Å². The average molecular weight is 482 g/mol. The van der Waals surface area contributed by atoms with Crippen LogP contribution in [0.3, 0.4) is 0 Å². The Balaban J connectivity index is 1.52. The summed E-state index contributed by atoms with van der Waals surface area (Å²) in [4.78, 5) is 20.7. The number of nitro benzene ring substituents is 1. The molecule has 35 heavy (non-hydrogen) atoms. The minimum Gasteiger partial charge on any atom is -0.337 e. The van der Waals surface area contributed by atoms with E-state index in [9.17, 15) is 10.1 Å². The molecule has 0 aliphatic rings. The summed E-state index contributed by atoms with van der Waals surface area (Å²) < 4.78 is 4.19. The molecule has 8 heteroatoms. The minimum absolute atomic E-state index is 0.000343. The van der Waals surface area contributed by atoms with Crippen molar-refractivity contribution in [1.29, 1.82) is 0 Å². The zero-order chi connectivity index (χ0) is 24.0. The number of aromatic nitrogens is 3. The fourth-order valence-electron chi connectivity index (χ4n) is 3.98. The maximum Gasteiger partial charge on any atom is 0.294 e. The molecule has 0 N–H and O–H groups in total. The van der Waals surface area contributed by atoms with E-state index in [0.29, 0.717) is 5.69 Å². The van der Waals surface area contributed by atoms with Crippen LogP contribution in [0.2, 0.25) is 0 Å². The van der Waals surface area contributed by atoms with Gasteiger partial charge in [-0.15, -0.1) is 11.3 Å². The summed E-state index contributed by atoms with van der Waals surface area (Å²) in [6.45, 7) is 1.54. The lowest BCUT2D eigenvalue weighted by atomic mass is 10.0. The summed E-state index contributed by atoms with van der Waals surface area (Å²) >= 11 is 1.49. The first-order valence-electron chi connectivity index (χ1n) is 11.3. The Morgan fingerprint density at radius 1 is 0.886 bits per heavy atom. The van der Waals surface area contributed by atoms with Crippen LogP contribution in [0.15, 0.2) is 108 Å². The van der Waals surface area contributed by atoms with Crippen molar-refractivity contribution in [2.45, 2.75) is 19.5 Å². The van der Waals surface area contributed by atoms with Crippen molar-refractivity contribution in [3.8, 4) is 22.4 Å². The van der Waals surface area contributed by atoms with Gasteiger partial charge < -0.3 is 9.13 Å². The Kier molecular flexibility index (Phi) is 6.63. The number of hydrogen-bond donors (Lipinski definition) is 0. The van der Waals surface area contributed by atoms with Crippen molar-refractivity contribution >= 4 is 22.7 Å². The van der Waals surface area contributed by atoms with Gasteiger partial charge in [-0.25, -0.2) is 9.98 Å². The number of hydrogen-bond acceptors (Lipinski definition) is 5. The molecule has 7 nitrogen and oxygen atoms in total. The number of nitrogens with zero attached hydrogens (tertiary/aromatic N) is 5. The maximum absolute atomic E-state index is 11.5. The topological polar surface area (TPSA) is 78.2 Å². The molecule has 0 fully saturated rings. The molecule has 5 rings (SSSR count). The highest BCUT2D eigenvalue weighted by atomic mass is 32.1. The largest absolute Gasteiger partial charge is 0.337 e. The molecular formula is C27H23N5O2S. The number of aryl methyl sites for hydroxylation is 1. The van der Waals surface area contributed by atoms with E-state index in [1.54, 1.807) is 30.7 Å². The van der Waals surface area contributed by atoms with Crippen LogP contribution >= 0.6 is 11.3 Å². The zero-order valence-corrected chi connectivity index (χ0v) is 19.7. The van der Waals surface area contributed by atoms with Crippen molar-refractivity contribution in [3.05, 3.63) is 118 Å². The van der Waals surface area contributed by atoms with E-state index >= 15 is 0 Å². The Morgan fingerprint density at radius 2 is 1.60 bits per heavy atom. The Bertz CT molecular complexity index is 1490. The quantitative estimate of drug-likeness (QED) is 0.192. The van der Waals surface area contributed by atoms with Gasteiger partial charge in [0.05, 0.1) is 16.9 Å². The highest BCUT2D eigenvalue weighted by molar-refractivity contribution is 7.07. The minimum atomic E-state index is -0.390. The standard InChI is InChI=1S/C27H23N5O2S/c33-32(34)25-10-5-4-9-24(25)29-27-31(17-6-16-30-18-15-28-20-30)26(19-35-27)23-13-11-22(12-14-23)21-7-2-1-3-8-21/h1-5,7-15,18-20H,6,16-17H2. The molecule has 0 spiro atoms. The summed E-state index contributed by atoms with van der Waals surface area (Å²) in [5.41, 5.74) is 4.80. The Labute approximate surface area is 206 Å². The van der Waals surface area contributed by atoms with E-state index in [0.717, 1.165) is 41.1 Å². The van der Waals surface area contributed by atoms with Crippen molar-refractivity contribution in [2.24, 2.45) is 4.99 Å². The highest BCUT2D eigenvalue weighted by Gasteiger charge is 2.14. The SMILES string of the molecule is O=[N+]([O-])c1ccccc1N=c1scc(-c2ccc(-c3ccccc3)cc2)n1CCCn1ccnc1. The van der Waals surface area contributed by atoms with E-state index in [4.69, 9.17) is 4.99 Å². The van der Waals surface area contributed by atoms with Crippen molar-refractivity contribution in [3.63, 3.8) is 0 Å². The van der Waals surface area contributed by atoms with Crippen LogP contribution < -0.4 is 4.80 Å². The molecule has 5 aromatic rings. The van der Waals surface area contributed by atoms with Gasteiger partial charge in [0, 0.05) is 36.9 Å². The van der Waals surface area contributed by atoms with Gasteiger partial charge in [-0.3, -0.25) is 10.1 Å². The van der Waals surface area contributed by atoms with E-state index < -0.39 is 0 Å². The summed E-state index contributed by atoms with van der Waals surface area (Å²) in [6, 6.07) is 25.3. The summed E-state index contributed by atoms with van der Waals surface area (Å²) in [5.74, 6) is 0. The number of imidazole rings is 1. The van der Waals surface area contributed by atoms with Crippen LogP contribution in [0.1, 0.15) is 6.42 Å². The van der Waals surface area contributed by atoms with Gasteiger partial charge in [0.25, 0.3) is 5.69 Å². The molecule has 0 atom stereocenters. The van der Waals surface area contributed by atoms with Crippen LogP contribution in [0.4, 0.5) is 11.4 Å². The molecule has 0 aliphatic carbocycles. The highest BCUT2D eigenvalue weighted by Crippen LogP contribution is 2.28. The fraction of sp³-hybridized carbons (Fsp3) is 0.111. The maximum atomic E-state index is 11.5. The number of para-hydroxylation sites is 2. The van der Waals surface area contributed by atoms with Gasteiger partial charge in [0.1, 0.15) is 5.69 Å². The molecule has 0 saturated carbocycles. The van der Waals surface area contributed by atoms with E-state index in [1.807, 2.05) is 29.0 Å². The molecule has 2 heterocycles. The molecule has 0 bridgehead atoms. The van der Waals surface area contributed by atoms with Crippen molar-refractivity contribution in [2.75, 3.05) is 0 Å². The third-order valence-corrected chi connectivity index (χ3v) is 6.60. The van der Waals surface area contributed by atoms with Gasteiger partial charge in [-0.05, 0) is 29.2 Å². The van der Waals surface area contributed by atoms with Gasteiger partial charge >= 0.3 is 0 Å². The first kappa shape index (κ1) is 22.5. The third kappa shape index (κ3) is 5.12. The predicted molar refractivity (Wildman–Crippen MR) is 138 cm³/mol. The van der Waals surface area contributed by atoms with Crippen molar-refractivity contribution in [1.82, 2.24) is 14.1 Å². The van der Waals surface area contributed by atoms with Crippen LogP contribution in [-0.4, -0.2) is 19.0 Å². The first-order valence-corrected chi connectivity index (χ1v) is 12.1. The third-order valence-electron chi connectivity index (χ3n) is 5.74. The lowest BCUT2D eigenvalue weighted by molar-refractivity contribution is -0.384. The predicted octanol–water partition coefficient (Wildman–Crippen LogP) is 6.31.